The van der Waals surface area contributed by atoms with Gasteiger partial charge in [0.25, 0.3) is 0 Å². The Labute approximate surface area is 139 Å². The molecule has 22 heavy (non-hydrogen) atoms. The van der Waals surface area contributed by atoms with Gasteiger partial charge in [0.1, 0.15) is 5.51 Å². The summed E-state index contributed by atoms with van der Waals surface area (Å²) in [6, 6.07) is 8.42. The Kier molecular flexibility index (Phi) is 5.58. The topological polar surface area (TPSA) is 54.9 Å². The second-order valence-corrected chi connectivity index (χ2v) is 8.36. The zero-order valence-electron chi connectivity index (χ0n) is 13.3. The molecule has 0 aliphatic rings. The summed E-state index contributed by atoms with van der Waals surface area (Å²) in [6.45, 7) is 8.87. The van der Waals surface area contributed by atoms with Crippen LogP contribution in [0.25, 0.3) is 0 Å². The number of hydrogen-bond donors (Lipinski definition) is 1. The van der Waals surface area contributed by atoms with E-state index in [2.05, 4.69) is 60.6 Å². The highest BCUT2D eigenvalue weighted by Gasteiger charge is 2.23. The number of carbonyl (C=O) groups excluding carboxylic acids is 1. The fourth-order valence-electron chi connectivity index (χ4n) is 2.04. The molecule has 118 valence electrons. The first-order valence-electron chi connectivity index (χ1n) is 7.16. The van der Waals surface area contributed by atoms with E-state index in [9.17, 15) is 4.79 Å². The van der Waals surface area contributed by atoms with Crippen molar-refractivity contribution < 1.29 is 4.79 Å². The molecular weight excluding hydrogens is 314 g/mol. The highest BCUT2D eigenvalue weighted by atomic mass is 32.2. The first-order chi connectivity index (χ1) is 10.4. The highest BCUT2D eigenvalue weighted by Crippen LogP contribution is 2.25. The second kappa shape index (κ2) is 7.24. The number of carbonyl (C=O) groups is 1. The number of amides is 1. The molecule has 1 aromatic heterocycles. The molecule has 1 amide bonds. The van der Waals surface area contributed by atoms with Gasteiger partial charge in [0.15, 0.2) is 4.34 Å². The third kappa shape index (κ3) is 4.55. The zero-order chi connectivity index (χ0) is 16.2. The summed E-state index contributed by atoms with van der Waals surface area (Å²) in [7, 11) is 0. The number of rotatable bonds is 6. The molecule has 0 spiro atoms. The van der Waals surface area contributed by atoms with Gasteiger partial charge in [-0.05, 0) is 19.4 Å². The van der Waals surface area contributed by atoms with Crippen LogP contribution in [0.4, 0.5) is 0 Å². The summed E-state index contributed by atoms with van der Waals surface area (Å²) in [6.07, 6.45) is 0. The minimum absolute atomic E-state index is 0.0286. The van der Waals surface area contributed by atoms with E-state index in [-0.39, 0.29) is 16.6 Å². The van der Waals surface area contributed by atoms with Crippen molar-refractivity contribution in [3.8, 4) is 0 Å². The molecule has 1 aromatic carbocycles. The minimum Gasteiger partial charge on any atom is -0.354 e. The fourth-order valence-corrected chi connectivity index (χ4v) is 3.69. The molecule has 0 radical (unpaired) electrons. The lowest BCUT2D eigenvalue weighted by Gasteiger charge is -2.26. The Morgan fingerprint density at radius 2 is 2.23 bits per heavy atom. The lowest BCUT2D eigenvalue weighted by molar-refractivity contribution is -0.120. The van der Waals surface area contributed by atoms with E-state index >= 15 is 0 Å². The van der Waals surface area contributed by atoms with Crippen molar-refractivity contribution in [3.05, 3.63) is 40.9 Å². The van der Waals surface area contributed by atoms with Crippen LogP contribution < -0.4 is 5.32 Å². The predicted molar refractivity (Wildman–Crippen MR) is 92.4 cm³/mol. The first-order valence-corrected chi connectivity index (χ1v) is 8.92. The van der Waals surface area contributed by atoms with E-state index in [0.717, 1.165) is 4.34 Å². The minimum atomic E-state index is -0.179. The quantitative estimate of drug-likeness (QED) is 0.822. The van der Waals surface area contributed by atoms with Gasteiger partial charge in [0, 0.05) is 12.0 Å². The summed E-state index contributed by atoms with van der Waals surface area (Å²) >= 11 is 2.89. The van der Waals surface area contributed by atoms with Gasteiger partial charge in [-0.1, -0.05) is 66.8 Å². The van der Waals surface area contributed by atoms with E-state index in [0.29, 0.717) is 6.54 Å². The molecule has 0 aliphatic carbocycles. The third-order valence-electron chi connectivity index (χ3n) is 3.49. The molecule has 0 bridgehead atoms. The average Bonchev–Trinajstić information content (AvgIpc) is 2.97. The maximum atomic E-state index is 12.2. The lowest BCUT2D eigenvalue weighted by Crippen LogP contribution is -2.40. The van der Waals surface area contributed by atoms with E-state index in [1.54, 1.807) is 5.51 Å². The van der Waals surface area contributed by atoms with Crippen LogP contribution in [0.5, 0.6) is 0 Å². The van der Waals surface area contributed by atoms with E-state index in [1.165, 1.54) is 34.2 Å². The molecule has 0 saturated heterocycles. The van der Waals surface area contributed by atoms with Crippen molar-refractivity contribution in [1.82, 2.24) is 15.5 Å². The summed E-state index contributed by atoms with van der Waals surface area (Å²) in [5.41, 5.74) is 4.04. The number of thioether (sulfide) groups is 1. The number of benzene rings is 1. The van der Waals surface area contributed by atoms with Crippen LogP contribution in [0.1, 0.15) is 31.9 Å². The molecule has 0 saturated carbocycles. The smallest absolute Gasteiger partial charge is 0.233 e. The van der Waals surface area contributed by atoms with Crippen molar-refractivity contribution in [2.24, 2.45) is 0 Å². The molecular formula is C16H21N3OS2. The van der Waals surface area contributed by atoms with Crippen molar-refractivity contribution in [2.75, 3.05) is 6.54 Å². The highest BCUT2D eigenvalue weighted by molar-refractivity contribution is 8.02. The maximum absolute atomic E-state index is 12.2. The van der Waals surface area contributed by atoms with Gasteiger partial charge in [0.2, 0.25) is 5.91 Å². The lowest BCUT2D eigenvalue weighted by atomic mass is 9.84. The van der Waals surface area contributed by atoms with Gasteiger partial charge in [0.05, 0.1) is 5.25 Å². The summed E-state index contributed by atoms with van der Waals surface area (Å²) in [5, 5.41) is 10.6. The molecule has 0 unspecified atom stereocenters. The Morgan fingerprint density at radius 3 is 2.86 bits per heavy atom. The number of aryl methyl sites for hydroxylation is 1. The van der Waals surface area contributed by atoms with Gasteiger partial charge >= 0.3 is 0 Å². The molecule has 6 heteroatoms. The zero-order valence-corrected chi connectivity index (χ0v) is 14.9. The fraction of sp³-hybridized carbons (Fsp3) is 0.438. The molecule has 1 N–H and O–H groups in total. The molecule has 2 rings (SSSR count). The maximum Gasteiger partial charge on any atom is 0.233 e. The Balaban J connectivity index is 1.92. The second-order valence-electron chi connectivity index (χ2n) is 5.94. The number of nitrogens with one attached hydrogen (secondary N) is 1. The van der Waals surface area contributed by atoms with Gasteiger partial charge in [-0.15, -0.1) is 10.2 Å². The standard InChI is InChI=1S/C16H21N3OS2/c1-11-6-5-7-13(8-11)16(3,4)9-17-14(20)12(2)22-15-19-18-10-21-15/h5-8,10,12H,9H2,1-4H3,(H,17,20)/t12-/m0/s1. The van der Waals surface area contributed by atoms with E-state index < -0.39 is 0 Å². The number of nitrogens with zero attached hydrogens (tertiary/aromatic N) is 2. The largest absolute Gasteiger partial charge is 0.354 e. The van der Waals surface area contributed by atoms with Crippen LogP contribution in [0.15, 0.2) is 34.1 Å². The van der Waals surface area contributed by atoms with Crippen molar-refractivity contribution >= 4 is 29.0 Å². The predicted octanol–water partition coefficient (Wildman–Crippen LogP) is 3.42. The first kappa shape index (κ1) is 17.0. The van der Waals surface area contributed by atoms with Crippen molar-refractivity contribution in [2.45, 2.75) is 42.7 Å². The van der Waals surface area contributed by atoms with Gasteiger partial charge < -0.3 is 5.32 Å². The monoisotopic (exact) mass is 335 g/mol. The average molecular weight is 335 g/mol. The van der Waals surface area contributed by atoms with Crippen LogP contribution in [0.3, 0.4) is 0 Å². The molecule has 4 nitrogen and oxygen atoms in total. The Morgan fingerprint density at radius 1 is 1.45 bits per heavy atom. The van der Waals surface area contributed by atoms with Crippen molar-refractivity contribution in [1.29, 1.82) is 0 Å². The van der Waals surface area contributed by atoms with Crippen LogP contribution >= 0.6 is 23.1 Å². The van der Waals surface area contributed by atoms with Crippen LogP contribution in [0.2, 0.25) is 0 Å². The molecule has 0 aliphatic heterocycles. The van der Waals surface area contributed by atoms with Crippen LogP contribution in [-0.2, 0) is 10.2 Å². The third-order valence-corrected chi connectivity index (χ3v) is 5.40. The van der Waals surface area contributed by atoms with E-state index in [4.69, 9.17) is 0 Å². The molecule has 1 atom stereocenters. The van der Waals surface area contributed by atoms with Gasteiger partial charge in [-0.2, -0.15) is 0 Å². The summed E-state index contributed by atoms with van der Waals surface area (Å²) < 4.78 is 0.820. The summed E-state index contributed by atoms with van der Waals surface area (Å²) in [5.74, 6) is 0.0286. The van der Waals surface area contributed by atoms with Crippen LogP contribution in [-0.4, -0.2) is 27.9 Å². The normalized spacial score (nSPS) is 12.9. The molecule has 0 fully saturated rings. The Bertz CT molecular complexity index is 626. The summed E-state index contributed by atoms with van der Waals surface area (Å²) in [4.78, 5) is 12.2. The Hall–Kier alpha value is -1.40. The number of hydrogen-bond acceptors (Lipinski definition) is 5. The molecule has 2 aromatic rings. The number of aromatic nitrogens is 2. The molecule has 1 heterocycles. The SMILES string of the molecule is Cc1cccc(C(C)(C)CNC(=O)[C@H](C)Sc2nncs2)c1. The van der Waals surface area contributed by atoms with E-state index in [1.807, 2.05) is 6.92 Å². The van der Waals surface area contributed by atoms with Gasteiger partial charge in [-0.25, -0.2) is 0 Å². The van der Waals surface area contributed by atoms with Crippen molar-refractivity contribution in [3.63, 3.8) is 0 Å². The van der Waals surface area contributed by atoms with Gasteiger partial charge in [-0.3, -0.25) is 4.79 Å². The van der Waals surface area contributed by atoms with Crippen LogP contribution in [0, 0.1) is 6.92 Å².